The fourth-order valence-electron chi connectivity index (χ4n) is 2.18. The van der Waals surface area contributed by atoms with Gasteiger partial charge in [-0.3, -0.25) is 4.72 Å². The highest BCUT2D eigenvalue weighted by molar-refractivity contribution is 7.92. The van der Waals surface area contributed by atoms with E-state index in [-0.39, 0.29) is 4.90 Å². The van der Waals surface area contributed by atoms with Crippen molar-refractivity contribution in [2.45, 2.75) is 18.7 Å². The largest absolute Gasteiger partial charge is 0.494 e. The van der Waals surface area contributed by atoms with Crippen LogP contribution in [-0.4, -0.2) is 29.2 Å². The molecule has 2 aromatic rings. The number of benzene rings is 2. The molecule has 24 heavy (non-hydrogen) atoms. The average Bonchev–Trinajstić information content (AvgIpc) is 2.57. The van der Waals surface area contributed by atoms with E-state index in [1.165, 1.54) is 26.4 Å². The summed E-state index contributed by atoms with van der Waals surface area (Å²) in [5.74, 6) is 1.62. The summed E-state index contributed by atoms with van der Waals surface area (Å²) in [7, 11) is -0.687. The molecule has 0 spiro atoms. The SMILES string of the molecule is CCOc1ccc(S(=O)(=O)Nc2cc(OC)c(OC)cc2C)cc1. The highest BCUT2D eigenvalue weighted by Gasteiger charge is 2.17. The molecule has 0 atom stereocenters. The molecule has 2 aromatic carbocycles. The van der Waals surface area contributed by atoms with Crippen molar-refractivity contribution in [2.24, 2.45) is 0 Å². The molecule has 7 heteroatoms. The first kappa shape index (κ1) is 17.9. The zero-order valence-corrected chi connectivity index (χ0v) is 14.9. The van der Waals surface area contributed by atoms with Crippen LogP contribution in [0.25, 0.3) is 0 Å². The average molecular weight is 351 g/mol. The van der Waals surface area contributed by atoms with E-state index in [9.17, 15) is 8.42 Å². The molecule has 0 fully saturated rings. The van der Waals surface area contributed by atoms with Gasteiger partial charge in [-0.1, -0.05) is 0 Å². The van der Waals surface area contributed by atoms with Crippen LogP contribution in [0.5, 0.6) is 17.2 Å². The van der Waals surface area contributed by atoms with Crippen LogP contribution < -0.4 is 18.9 Å². The van der Waals surface area contributed by atoms with E-state index in [4.69, 9.17) is 14.2 Å². The lowest BCUT2D eigenvalue weighted by Crippen LogP contribution is -2.14. The summed E-state index contributed by atoms with van der Waals surface area (Å²) in [5.41, 5.74) is 1.16. The molecule has 0 radical (unpaired) electrons. The molecule has 0 aliphatic carbocycles. The number of anilines is 1. The summed E-state index contributed by atoms with van der Waals surface area (Å²) in [6.07, 6.45) is 0. The predicted octanol–water partition coefficient (Wildman–Crippen LogP) is 3.21. The quantitative estimate of drug-likeness (QED) is 0.829. The molecule has 0 heterocycles. The van der Waals surface area contributed by atoms with Crippen molar-refractivity contribution in [3.8, 4) is 17.2 Å². The minimum atomic E-state index is -3.71. The van der Waals surface area contributed by atoms with E-state index in [1.54, 1.807) is 31.2 Å². The summed E-state index contributed by atoms with van der Waals surface area (Å²) >= 11 is 0. The van der Waals surface area contributed by atoms with Gasteiger partial charge in [0.15, 0.2) is 11.5 Å². The Bertz CT molecular complexity index is 800. The maximum absolute atomic E-state index is 12.6. The van der Waals surface area contributed by atoms with Gasteiger partial charge in [-0.15, -0.1) is 0 Å². The summed E-state index contributed by atoms with van der Waals surface area (Å²) in [6, 6.07) is 9.57. The van der Waals surface area contributed by atoms with Crippen molar-refractivity contribution in [3.63, 3.8) is 0 Å². The van der Waals surface area contributed by atoms with Crippen LogP contribution in [0.4, 0.5) is 5.69 Å². The Kier molecular flexibility index (Phi) is 5.56. The van der Waals surface area contributed by atoms with Gasteiger partial charge < -0.3 is 14.2 Å². The maximum Gasteiger partial charge on any atom is 0.261 e. The Labute approximate surface area is 142 Å². The third-order valence-electron chi connectivity index (χ3n) is 3.42. The van der Waals surface area contributed by atoms with Gasteiger partial charge in [0, 0.05) is 6.07 Å². The molecule has 0 aliphatic rings. The number of aryl methyl sites for hydroxylation is 1. The van der Waals surface area contributed by atoms with Crippen molar-refractivity contribution >= 4 is 15.7 Å². The van der Waals surface area contributed by atoms with Crippen molar-refractivity contribution in [1.29, 1.82) is 0 Å². The Hall–Kier alpha value is -2.41. The maximum atomic E-state index is 12.6. The second-order valence-electron chi connectivity index (χ2n) is 5.03. The number of hydrogen-bond donors (Lipinski definition) is 1. The zero-order valence-electron chi connectivity index (χ0n) is 14.1. The Morgan fingerprint density at radius 3 is 2.12 bits per heavy atom. The lowest BCUT2D eigenvalue weighted by Gasteiger charge is -2.15. The van der Waals surface area contributed by atoms with Gasteiger partial charge in [-0.25, -0.2) is 8.42 Å². The van der Waals surface area contributed by atoms with Crippen molar-refractivity contribution in [1.82, 2.24) is 0 Å². The van der Waals surface area contributed by atoms with Gasteiger partial charge in [0.2, 0.25) is 0 Å². The Morgan fingerprint density at radius 2 is 1.58 bits per heavy atom. The van der Waals surface area contributed by atoms with Crippen molar-refractivity contribution in [2.75, 3.05) is 25.5 Å². The number of sulfonamides is 1. The highest BCUT2D eigenvalue weighted by atomic mass is 32.2. The smallest absolute Gasteiger partial charge is 0.261 e. The lowest BCUT2D eigenvalue weighted by molar-refractivity contribution is 0.340. The van der Waals surface area contributed by atoms with E-state index in [1.807, 2.05) is 6.92 Å². The fourth-order valence-corrected chi connectivity index (χ4v) is 3.30. The second-order valence-corrected chi connectivity index (χ2v) is 6.71. The number of ether oxygens (including phenoxy) is 3. The predicted molar refractivity (Wildman–Crippen MR) is 92.7 cm³/mol. The molecule has 6 nitrogen and oxygen atoms in total. The second kappa shape index (κ2) is 7.44. The molecular weight excluding hydrogens is 330 g/mol. The molecule has 0 saturated heterocycles. The molecule has 0 aliphatic heterocycles. The molecule has 0 aromatic heterocycles. The zero-order chi connectivity index (χ0) is 17.7. The number of hydrogen-bond acceptors (Lipinski definition) is 5. The van der Waals surface area contributed by atoms with Gasteiger partial charge in [0.05, 0.1) is 31.4 Å². The molecule has 0 unspecified atom stereocenters. The monoisotopic (exact) mass is 351 g/mol. The van der Waals surface area contributed by atoms with Gasteiger partial charge in [-0.05, 0) is 49.7 Å². The van der Waals surface area contributed by atoms with E-state index in [0.717, 1.165) is 5.56 Å². The third-order valence-corrected chi connectivity index (χ3v) is 4.80. The first-order valence-corrected chi connectivity index (χ1v) is 8.88. The number of nitrogens with one attached hydrogen (secondary N) is 1. The van der Waals surface area contributed by atoms with E-state index < -0.39 is 10.0 Å². The molecule has 0 amide bonds. The summed E-state index contributed by atoms with van der Waals surface area (Å²) in [6.45, 7) is 4.18. The lowest BCUT2D eigenvalue weighted by atomic mass is 10.2. The van der Waals surface area contributed by atoms with Crippen LogP contribution in [-0.2, 0) is 10.0 Å². The van der Waals surface area contributed by atoms with Crippen molar-refractivity contribution in [3.05, 3.63) is 42.0 Å². The van der Waals surface area contributed by atoms with Gasteiger partial charge in [0.25, 0.3) is 10.0 Å². The topological polar surface area (TPSA) is 73.9 Å². The Morgan fingerprint density at radius 1 is 1.00 bits per heavy atom. The third kappa shape index (κ3) is 3.91. The first-order valence-electron chi connectivity index (χ1n) is 7.39. The normalized spacial score (nSPS) is 11.0. The molecule has 130 valence electrons. The molecule has 0 saturated carbocycles. The molecule has 2 rings (SSSR count). The van der Waals surface area contributed by atoms with E-state index in [0.29, 0.717) is 29.5 Å². The number of rotatable bonds is 7. The summed E-state index contributed by atoms with van der Waals surface area (Å²) < 4.78 is 43.4. The summed E-state index contributed by atoms with van der Waals surface area (Å²) in [5, 5.41) is 0. The summed E-state index contributed by atoms with van der Waals surface area (Å²) in [4.78, 5) is 0.153. The molecule has 0 bridgehead atoms. The van der Waals surface area contributed by atoms with Gasteiger partial charge in [-0.2, -0.15) is 0 Å². The molecule has 1 N–H and O–H groups in total. The van der Waals surface area contributed by atoms with Crippen LogP contribution in [0.2, 0.25) is 0 Å². The fraction of sp³-hybridized carbons (Fsp3) is 0.294. The van der Waals surface area contributed by atoms with Gasteiger partial charge >= 0.3 is 0 Å². The number of methoxy groups -OCH3 is 2. The molecular formula is C17H21NO5S. The van der Waals surface area contributed by atoms with Crippen LogP contribution in [0.1, 0.15) is 12.5 Å². The van der Waals surface area contributed by atoms with Crippen molar-refractivity contribution < 1.29 is 22.6 Å². The Balaban J connectivity index is 2.31. The van der Waals surface area contributed by atoms with Crippen LogP contribution in [0.3, 0.4) is 0 Å². The first-order chi connectivity index (χ1) is 11.4. The van der Waals surface area contributed by atoms with E-state index >= 15 is 0 Å². The highest BCUT2D eigenvalue weighted by Crippen LogP contribution is 2.34. The van der Waals surface area contributed by atoms with Crippen LogP contribution in [0.15, 0.2) is 41.3 Å². The van der Waals surface area contributed by atoms with Crippen LogP contribution >= 0.6 is 0 Å². The minimum Gasteiger partial charge on any atom is -0.494 e. The van der Waals surface area contributed by atoms with Gasteiger partial charge in [0.1, 0.15) is 5.75 Å². The minimum absolute atomic E-state index is 0.153. The van der Waals surface area contributed by atoms with Crippen LogP contribution in [0, 0.1) is 6.92 Å². The standard InChI is InChI=1S/C17H21NO5S/c1-5-23-13-6-8-14(9-7-13)24(19,20)18-15-11-17(22-4)16(21-3)10-12(15)2/h6-11,18H,5H2,1-4H3. The van der Waals surface area contributed by atoms with E-state index in [2.05, 4.69) is 4.72 Å².